The molecule has 2 aromatic carbocycles. The Kier molecular flexibility index (Phi) is 13.0. The highest BCUT2D eigenvalue weighted by Crippen LogP contribution is 2.39. The van der Waals surface area contributed by atoms with Crippen LogP contribution >= 0.6 is 9.24 Å². The zero-order valence-electron chi connectivity index (χ0n) is 35.9. The largest absolute Gasteiger partial charge is 0.352 e. The number of likely N-dealkylation sites (N-methyl/N-ethyl adjacent to an activating group) is 2. The maximum Gasteiger partial charge on any atom is 0.245 e. The van der Waals surface area contributed by atoms with Crippen molar-refractivity contribution < 1.29 is 32.3 Å². The van der Waals surface area contributed by atoms with Crippen LogP contribution in [0.25, 0.3) is 33.5 Å². The van der Waals surface area contributed by atoms with Gasteiger partial charge in [-0.1, -0.05) is 25.0 Å². The molecule has 2 aliphatic carbocycles. The number of H-pyrrole nitrogens is 1. The molecule has 8 rings (SSSR count). The molecule has 13 nitrogen and oxygen atoms in total. The lowest BCUT2D eigenvalue weighted by Crippen LogP contribution is -2.57. The fraction of sp³-hybridized carbons (Fsp3) is 0.578. The molecule has 62 heavy (non-hydrogen) atoms. The SMILES string of the molecule is CN[C@@H](C)C(=O)N[C@H](C(=O)N1C[C@@H](F)C[C@H]1Cc1c(-c2nc3cc(F)ccc3n2C[C@@H]2C[C@H](F)CN2C(=O)[C@@H](NC(=O)[C@H](C)NC)C2CCC2)[nH]c2cc(P)ccc12)C1CCC1. The van der Waals surface area contributed by atoms with Crippen LogP contribution in [0.1, 0.15) is 70.8 Å². The number of fused-ring (bicyclic) bond motifs is 2. The molecule has 0 radical (unpaired) electrons. The summed E-state index contributed by atoms with van der Waals surface area (Å²) in [5, 5.41) is 13.6. The van der Waals surface area contributed by atoms with E-state index in [4.69, 9.17) is 4.98 Å². The Hall–Kier alpha value is -4.53. The normalized spacial score (nSPS) is 23.9. The summed E-state index contributed by atoms with van der Waals surface area (Å²) in [6.45, 7) is 3.35. The summed E-state index contributed by atoms with van der Waals surface area (Å²) in [4.78, 5) is 66.8. The highest BCUT2D eigenvalue weighted by molar-refractivity contribution is 7.27. The lowest BCUT2D eigenvalue weighted by molar-refractivity contribution is -0.140. The van der Waals surface area contributed by atoms with Gasteiger partial charge in [0.15, 0.2) is 5.82 Å². The molecule has 0 bridgehead atoms. The second-order valence-electron chi connectivity index (χ2n) is 18.0. The summed E-state index contributed by atoms with van der Waals surface area (Å²) in [5.74, 6) is -1.36. The highest BCUT2D eigenvalue weighted by atomic mass is 31.0. The predicted octanol–water partition coefficient (Wildman–Crippen LogP) is 4.03. The number of aromatic amines is 1. The number of hydrogen-bond acceptors (Lipinski definition) is 7. The van der Waals surface area contributed by atoms with Crippen molar-refractivity contribution in [3.05, 3.63) is 47.8 Å². The fourth-order valence-corrected chi connectivity index (χ4v) is 9.97. The van der Waals surface area contributed by atoms with Gasteiger partial charge in [0.25, 0.3) is 0 Å². The Morgan fingerprint density at radius 3 is 1.94 bits per heavy atom. The Morgan fingerprint density at radius 1 is 0.823 bits per heavy atom. The molecule has 4 aliphatic rings. The first-order valence-electron chi connectivity index (χ1n) is 22.1. The lowest BCUT2D eigenvalue weighted by atomic mass is 9.79. The molecule has 0 spiro atoms. The average Bonchev–Trinajstić information content (AvgIpc) is 3.96. The number of aromatic nitrogens is 3. The number of rotatable bonds is 15. The van der Waals surface area contributed by atoms with E-state index in [1.807, 2.05) is 22.8 Å². The number of likely N-dealkylation sites (tertiary alicyclic amines) is 2. The number of hydrogen-bond donors (Lipinski definition) is 5. The van der Waals surface area contributed by atoms with Gasteiger partial charge in [0, 0.05) is 42.4 Å². The molecule has 4 aromatic rings. The standard InChI is InChI=1S/C45H59F3N9O4P/c1-23(49-3)42(58)53-38(25-7-5-8-25)44(60)55-20-28(47)15-30(55)18-34-33-13-12-32(62)19-35(33)51-40(34)41-52-36-17-27(46)11-14-37(36)57(41)22-31-16-29(48)21-56(31)45(61)39(26-9-6-10-26)54-43(59)24(2)50-4/h11-14,17,19,23-26,28-31,38-39,49-51H,5-10,15-16,18,20-22,62H2,1-4H3,(H,53,58)(H,54,59)/t23-,24-,28-,29-,30-,31-,38-,39-/m0/s1. The molecule has 4 fully saturated rings. The van der Waals surface area contributed by atoms with Crippen molar-refractivity contribution >= 4 is 60.1 Å². The number of carbonyl (C=O) groups is 4. The summed E-state index contributed by atoms with van der Waals surface area (Å²) >= 11 is 0. The highest BCUT2D eigenvalue weighted by Gasteiger charge is 2.45. The molecule has 5 N–H and O–H groups in total. The number of halogens is 3. The van der Waals surface area contributed by atoms with Gasteiger partial charge in [0.2, 0.25) is 23.6 Å². The van der Waals surface area contributed by atoms with Crippen LogP contribution in [-0.4, -0.2) is 124 Å². The molecule has 2 saturated heterocycles. The van der Waals surface area contributed by atoms with Gasteiger partial charge in [-0.25, -0.2) is 18.2 Å². The van der Waals surface area contributed by atoms with Gasteiger partial charge in [-0.3, -0.25) is 19.2 Å². The van der Waals surface area contributed by atoms with Gasteiger partial charge in [0.1, 0.15) is 30.2 Å². The number of alkyl halides is 2. The first-order chi connectivity index (χ1) is 29.7. The van der Waals surface area contributed by atoms with Gasteiger partial charge < -0.3 is 40.6 Å². The molecule has 17 heteroatoms. The first-order valence-corrected chi connectivity index (χ1v) is 22.7. The molecular formula is C45H59F3N9O4P. The van der Waals surface area contributed by atoms with Crippen molar-refractivity contribution in [1.82, 2.24) is 45.6 Å². The van der Waals surface area contributed by atoms with Crippen LogP contribution < -0.4 is 26.6 Å². The van der Waals surface area contributed by atoms with E-state index in [1.165, 1.54) is 12.1 Å². The first kappa shape index (κ1) is 44.1. The quantitative estimate of drug-likeness (QED) is 0.113. The summed E-state index contributed by atoms with van der Waals surface area (Å²) in [6.07, 6.45) is 2.89. The number of nitrogens with zero attached hydrogens (tertiary/aromatic N) is 4. The Balaban J connectivity index is 1.16. The summed E-state index contributed by atoms with van der Waals surface area (Å²) in [5.41, 5.74) is 3.08. The Labute approximate surface area is 362 Å². The van der Waals surface area contributed by atoms with Crippen LogP contribution in [0.5, 0.6) is 0 Å². The van der Waals surface area contributed by atoms with Gasteiger partial charge in [-0.15, -0.1) is 9.24 Å². The van der Waals surface area contributed by atoms with Crippen LogP contribution in [0.4, 0.5) is 13.2 Å². The fourth-order valence-electron chi connectivity index (χ4n) is 9.71. The second-order valence-corrected chi connectivity index (χ2v) is 18.7. The summed E-state index contributed by atoms with van der Waals surface area (Å²) < 4.78 is 48.0. The maximum absolute atomic E-state index is 15.6. The van der Waals surface area contributed by atoms with E-state index in [-0.39, 0.29) is 74.4 Å². The lowest BCUT2D eigenvalue weighted by Gasteiger charge is -2.37. The zero-order valence-corrected chi connectivity index (χ0v) is 37.0. The molecule has 2 saturated carbocycles. The van der Waals surface area contributed by atoms with Crippen LogP contribution in [0.3, 0.4) is 0 Å². The minimum atomic E-state index is -1.30. The monoisotopic (exact) mass is 877 g/mol. The van der Waals surface area contributed by atoms with E-state index < -0.39 is 54.4 Å². The number of nitrogens with one attached hydrogen (secondary N) is 5. The zero-order chi connectivity index (χ0) is 44.0. The third kappa shape index (κ3) is 8.71. The third-order valence-electron chi connectivity index (χ3n) is 14.0. The van der Waals surface area contributed by atoms with Crippen molar-refractivity contribution in [3.8, 4) is 11.5 Å². The van der Waals surface area contributed by atoms with Crippen molar-refractivity contribution in [1.29, 1.82) is 0 Å². The third-order valence-corrected chi connectivity index (χ3v) is 14.4. The van der Waals surface area contributed by atoms with Gasteiger partial charge in [0.05, 0.1) is 47.9 Å². The summed E-state index contributed by atoms with van der Waals surface area (Å²) in [7, 11) is 6.05. The van der Waals surface area contributed by atoms with Crippen molar-refractivity contribution in [2.24, 2.45) is 11.8 Å². The minimum absolute atomic E-state index is 0.0395. The number of carbonyl (C=O) groups excluding carboxylic acids is 4. The Bertz CT molecular complexity index is 2170. The van der Waals surface area contributed by atoms with Gasteiger partial charge in [-0.2, -0.15) is 0 Å². The van der Waals surface area contributed by atoms with Crippen LogP contribution in [-0.2, 0) is 32.1 Å². The average molecular weight is 878 g/mol. The van der Waals surface area contributed by atoms with Crippen molar-refractivity contribution in [2.45, 2.75) is 127 Å². The molecule has 334 valence electrons. The van der Waals surface area contributed by atoms with Crippen LogP contribution in [0, 0.1) is 17.7 Å². The minimum Gasteiger partial charge on any atom is -0.352 e. The van der Waals surface area contributed by atoms with Crippen LogP contribution in [0.15, 0.2) is 36.4 Å². The molecule has 1 unspecified atom stereocenters. The molecule has 9 atom stereocenters. The number of imidazole rings is 1. The smallest absolute Gasteiger partial charge is 0.245 e. The molecule has 2 aliphatic heterocycles. The van der Waals surface area contributed by atoms with Gasteiger partial charge >= 0.3 is 0 Å². The van der Waals surface area contributed by atoms with E-state index in [0.717, 1.165) is 60.3 Å². The van der Waals surface area contributed by atoms with E-state index in [1.54, 1.807) is 43.8 Å². The van der Waals surface area contributed by atoms with E-state index in [9.17, 15) is 23.6 Å². The molecule has 4 heterocycles. The molecule has 2 aromatic heterocycles. The van der Waals surface area contributed by atoms with E-state index in [2.05, 4.69) is 35.5 Å². The second kappa shape index (κ2) is 18.3. The topological polar surface area (TPSA) is 156 Å². The van der Waals surface area contributed by atoms with Crippen molar-refractivity contribution in [2.75, 3.05) is 27.2 Å². The number of benzene rings is 2. The molecular weight excluding hydrogens is 819 g/mol. The predicted molar refractivity (Wildman–Crippen MR) is 236 cm³/mol. The molecule has 4 amide bonds. The maximum atomic E-state index is 15.6. The van der Waals surface area contributed by atoms with E-state index in [0.29, 0.717) is 22.6 Å². The van der Waals surface area contributed by atoms with Crippen LogP contribution in [0.2, 0.25) is 0 Å². The van der Waals surface area contributed by atoms with E-state index >= 15 is 8.78 Å². The number of amides is 4. The Morgan fingerprint density at radius 2 is 1.39 bits per heavy atom. The summed E-state index contributed by atoms with van der Waals surface area (Å²) in [6, 6.07) is 6.42. The van der Waals surface area contributed by atoms with Gasteiger partial charge in [-0.05, 0) is 101 Å². The van der Waals surface area contributed by atoms with Crippen molar-refractivity contribution in [3.63, 3.8) is 0 Å².